The standard InChI is InChI=1S/C25H27F2N7O3S2/c1-12-17(11-37-3)30-25(38-12)14-7-8-15(18(9-14)39(4,36)28-2)29-16-10-19(32-24(35)13-5-6-13)31-22-20(16)33-23(34-22)21(26)27/h7-10,13,21H,5-6,11H2,1-4H3,(H3,29,31,32,33,34,35)/t39-/m0/s1. The second-order valence-corrected chi connectivity index (χ2v) is 12.8. The van der Waals surface area contributed by atoms with Gasteiger partial charge >= 0.3 is 0 Å². The van der Waals surface area contributed by atoms with Crippen LogP contribution in [-0.4, -0.2) is 50.5 Å². The number of fused-ring (bicyclic) bond motifs is 1. The molecule has 1 saturated carbocycles. The Labute approximate surface area is 227 Å². The van der Waals surface area contributed by atoms with Crippen LogP contribution in [0.15, 0.2) is 33.5 Å². The molecule has 0 unspecified atom stereocenters. The van der Waals surface area contributed by atoms with E-state index in [4.69, 9.17) is 4.74 Å². The minimum absolute atomic E-state index is 0.0147. The van der Waals surface area contributed by atoms with Gasteiger partial charge < -0.3 is 20.4 Å². The molecule has 5 rings (SSSR count). The van der Waals surface area contributed by atoms with E-state index in [0.717, 1.165) is 34.0 Å². The van der Waals surface area contributed by atoms with Crippen molar-refractivity contribution in [1.29, 1.82) is 0 Å². The zero-order valence-electron chi connectivity index (χ0n) is 21.7. The summed E-state index contributed by atoms with van der Waals surface area (Å²) in [6, 6.07) is 6.87. The van der Waals surface area contributed by atoms with Gasteiger partial charge in [0, 0.05) is 42.8 Å². The number of hydrogen-bond donors (Lipinski definition) is 3. The van der Waals surface area contributed by atoms with Crippen molar-refractivity contribution in [3.05, 3.63) is 40.7 Å². The van der Waals surface area contributed by atoms with Crippen molar-refractivity contribution in [3.63, 3.8) is 0 Å². The van der Waals surface area contributed by atoms with Crippen LogP contribution >= 0.6 is 11.3 Å². The predicted molar refractivity (Wildman–Crippen MR) is 147 cm³/mol. The van der Waals surface area contributed by atoms with Crippen molar-refractivity contribution in [1.82, 2.24) is 19.9 Å². The van der Waals surface area contributed by atoms with Gasteiger partial charge in [-0.3, -0.25) is 4.79 Å². The van der Waals surface area contributed by atoms with Crippen LogP contribution in [-0.2, 0) is 25.9 Å². The first-order chi connectivity index (χ1) is 18.6. The third-order valence-electron chi connectivity index (χ3n) is 6.31. The monoisotopic (exact) mass is 575 g/mol. The quantitative estimate of drug-likeness (QED) is 0.235. The molecule has 3 heterocycles. The molecule has 1 amide bonds. The maximum Gasteiger partial charge on any atom is 0.295 e. The van der Waals surface area contributed by atoms with Crippen molar-refractivity contribution < 1.29 is 22.5 Å². The lowest BCUT2D eigenvalue weighted by Gasteiger charge is -2.15. The molecule has 206 valence electrons. The van der Waals surface area contributed by atoms with Crippen LogP contribution in [0.25, 0.3) is 21.7 Å². The third kappa shape index (κ3) is 5.63. The number of hydrogen-bond acceptors (Lipinski definition) is 9. The van der Waals surface area contributed by atoms with E-state index in [2.05, 4.69) is 34.9 Å². The maximum absolute atomic E-state index is 13.5. The molecule has 3 aromatic heterocycles. The van der Waals surface area contributed by atoms with Gasteiger partial charge in [0.25, 0.3) is 6.43 Å². The molecule has 1 fully saturated rings. The number of nitrogens with zero attached hydrogens (tertiary/aromatic N) is 4. The van der Waals surface area contributed by atoms with Crippen LogP contribution in [0.2, 0.25) is 0 Å². The molecule has 10 nitrogen and oxygen atoms in total. The molecule has 1 aliphatic rings. The molecule has 0 saturated heterocycles. The Morgan fingerprint density at radius 3 is 2.69 bits per heavy atom. The first-order valence-electron chi connectivity index (χ1n) is 12.1. The number of carbonyl (C=O) groups is 1. The van der Waals surface area contributed by atoms with E-state index in [9.17, 15) is 17.8 Å². The molecule has 0 radical (unpaired) electrons. The van der Waals surface area contributed by atoms with Crippen LogP contribution in [0.4, 0.5) is 26.0 Å². The summed E-state index contributed by atoms with van der Waals surface area (Å²) < 4.78 is 49.8. The average Bonchev–Trinajstić information content (AvgIpc) is 3.56. The third-order valence-corrected chi connectivity index (χ3v) is 9.23. The highest BCUT2D eigenvalue weighted by molar-refractivity contribution is 7.93. The van der Waals surface area contributed by atoms with Gasteiger partial charge in [-0.25, -0.2) is 32.3 Å². The van der Waals surface area contributed by atoms with Crippen molar-refractivity contribution in [2.24, 2.45) is 10.3 Å². The number of pyridine rings is 1. The Morgan fingerprint density at radius 2 is 2.03 bits per heavy atom. The highest BCUT2D eigenvalue weighted by Gasteiger charge is 2.30. The second-order valence-electron chi connectivity index (χ2n) is 9.22. The number of aromatic amines is 1. The van der Waals surface area contributed by atoms with Gasteiger partial charge in [-0.1, -0.05) is 0 Å². The number of benzene rings is 1. The maximum atomic E-state index is 13.5. The number of halogens is 2. The van der Waals surface area contributed by atoms with Crippen molar-refractivity contribution in [3.8, 4) is 10.6 Å². The molecule has 4 aromatic rings. The molecule has 1 aromatic carbocycles. The average molecular weight is 576 g/mol. The lowest BCUT2D eigenvalue weighted by molar-refractivity contribution is -0.117. The smallest absolute Gasteiger partial charge is 0.295 e. The Hall–Kier alpha value is -3.49. The number of imidazole rings is 1. The summed E-state index contributed by atoms with van der Waals surface area (Å²) in [6.07, 6.45) is 0.271. The van der Waals surface area contributed by atoms with E-state index in [1.165, 1.54) is 30.7 Å². The van der Waals surface area contributed by atoms with Crippen LogP contribution < -0.4 is 10.6 Å². The molecule has 3 N–H and O–H groups in total. The minimum Gasteiger partial charge on any atom is -0.378 e. The van der Waals surface area contributed by atoms with E-state index in [0.29, 0.717) is 22.9 Å². The van der Waals surface area contributed by atoms with Gasteiger partial charge in [-0.2, -0.15) is 0 Å². The van der Waals surface area contributed by atoms with E-state index in [-0.39, 0.29) is 28.8 Å². The number of H-pyrrole nitrogens is 1. The number of nitrogens with one attached hydrogen (secondary N) is 3. The normalized spacial score (nSPS) is 14.9. The molecule has 0 spiro atoms. The number of amides is 1. The first-order valence-corrected chi connectivity index (χ1v) is 14.8. The summed E-state index contributed by atoms with van der Waals surface area (Å²) in [6.45, 7) is 2.34. The fourth-order valence-corrected chi connectivity index (χ4v) is 5.97. The molecular formula is C25H27F2N7O3S2. The summed E-state index contributed by atoms with van der Waals surface area (Å²) in [4.78, 5) is 29.2. The van der Waals surface area contributed by atoms with Gasteiger partial charge in [0.2, 0.25) is 5.91 Å². The predicted octanol–water partition coefficient (Wildman–Crippen LogP) is 5.65. The van der Waals surface area contributed by atoms with Crippen molar-refractivity contribution >= 4 is 55.3 Å². The summed E-state index contributed by atoms with van der Waals surface area (Å²) in [5, 5.41) is 6.68. The van der Waals surface area contributed by atoms with Crippen molar-refractivity contribution in [2.75, 3.05) is 31.0 Å². The minimum atomic E-state index is -2.85. The van der Waals surface area contributed by atoms with Gasteiger partial charge in [-0.05, 0) is 38.0 Å². The number of alkyl halides is 2. The number of aryl methyl sites for hydroxylation is 1. The van der Waals surface area contributed by atoms with E-state index in [1.807, 2.05) is 13.0 Å². The number of ether oxygens (including phenoxy) is 1. The van der Waals surface area contributed by atoms with Crippen LogP contribution in [0, 0.1) is 12.8 Å². The first kappa shape index (κ1) is 27.1. The fraction of sp³-hybridized carbons (Fsp3) is 0.360. The molecule has 1 atom stereocenters. The number of anilines is 3. The lowest BCUT2D eigenvalue weighted by Crippen LogP contribution is -2.14. The summed E-state index contributed by atoms with van der Waals surface area (Å²) in [5.41, 5.74) is 2.60. The molecule has 39 heavy (non-hydrogen) atoms. The van der Waals surface area contributed by atoms with Gasteiger partial charge in [-0.15, -0.1) is 11.3 Å². The number of carbonyl (C=O) groups excluding carboxylic acids is 1. The number of thiazole rings is 1. The number of methoxy groups -OCH3 is 1. The fourth-order valence-electron chi connectivity index (χ4n) is 3.98. The largest absolute Gasteiger partial charge is 0.378 e. The van der Waals surface area contributed by atoms with Crippen LogP contribution in [0.5, 0.6) is 0 Å². The summed E-state index contributed by atoms with van der Waals surface area (Å²) in [7, 11) is 0.228. The van der Waals surface area contributed by atoms with Crippen LogP contribution in [0.1, 0.15) is 35.7 Å². The highest BCUT2D eigenvalue weighted by Crippen LogP contribution is 2.37. The Kier molecular flexibility index (Phi) is 7.35. The molecular weight excluding hydrogens is 548 g/mol. The summed E-state index contributed by atoms with van der Waals surface area (Å²) >= 11 is 1.50. The van der Waals surface area contributed by atoms with Gasteiger partial charge in [0.1, 0.15) is 16.3 Å². The van der Waals surface area contributed by atoms with E-state index >= 15 is 0 Å². The Bertz CT molecular complexity index is 1690. The Balaban J connectivity index is 1.60. The van der Waals surface area contributed by atoms with Crippen molar-refractivity contribution in [2.45, 2.75) is 37.7 Å². The zero-order valence-corrected chi connectivity index (χ0v) is 23.3. The topological polar surface area (TPSA) is 134 Å². The number of aromatic nitrogens is 4. The Morgan fingerprint density at radius 1 is 1.26 bits per heavy atom. The van der Waals surface area contributed by atoms with Gasteiger partial charge in [0.05, 0.1) is 38.3 Å². The van der Waals surface area contributed by atoms with Gasteiger partial charge in [0.15, 0.2) is 11.5 Å². The van der Waals surface area contributed by atoms with E-state index in [1.54, 1.807) is 19.2 Å². The van der Waals surface area contributed by atoms with E-state index < -0.39 is 22.0 Å². The lowest BCUT2D eigenvalue weighted by atomic mass is 10.2. The molecule has 0 bridgehead atoms. The summed E-state index contributed by atoms with van der Waals surface area (Å²) in [5.74, 6) is -0.636. The SMILES string of the molecule is CN=[S@@](C)(=O)c1cc(-c2nc(COC)c(C)s2)ccc1Nc1cc(NC(=O)C2CC2)nc2nc(C(F)F)[nH]c12. The highest BCUT2D eigenvalue weighted by atomic mass is 32.2. The molecule has 1 aliphatic carbocycles. The zero-order chi connectivity index (χ0) is 27.9. The van der Waals surface area contributed by atoms with Crippen LogP contribution in [0.3, 0.4) is 0 Å². The second kappa shape index (κ2) is 10.6. The molecule has 0 aliphatic heterocycles. The molecule has 14 heteroatoms. The number of rotatable bonds is 9.